The highest BCUT2D eigenvalue weighted by Crippen LogP contribution is 2.24. The van der Waals surface area contributed by atoms with Crippen LogP contribution in [0.3, 0.4) is 0 Å². The van der Waals surface area contributed by atoms with Crippen LogP contribution in [0.2, 0.25) is 0 Å². The van der Waals surface area contributed by atoms with E-state index in [1.165, 1.54) is 18.2 Å². The maximum Gasteiger partial charge on any atom is 0.272 e. The van der Waals surface area contributed by atoms with Crippen LogP contribution in [0, 0.1) is 5.82 Å². The number of nitrogens with zero attached hydrogens (tertiary/aromatic N) is 2. The molecule has 0 aliphatic rings. The number of rotatable bonds is 3. The van der Waals surface area contributed by atoms with Crippen molar-refractivity contribution in [2.24, 2.45) is 0 Å². The van der Waals surface area contributed by atoms with Gasteiger partial charge in [-0.05, 0) is 42.5 Å². The van der Waals surface area contributed by atoms with Crippen LogP contribution < -0.4 is 5.32 Å². The number of halogens is 1. The quantitative estimate of drug-likeness (QED) is 0.541. The van der Waals surface area contributed by atoms with Gasteiger partial charge >= 0.3 is 0 Å². The van der Waals surface area contributed by atoms with E-state index in [1.807, 2.05) is 12.1 Å². The Labute approximate surface area is 135 Å². The Hall–Kier alpha value is -3.48. The summed E-state index contributed by atoms with van der Waals surface area (Å²) in [6, 6.07) is 12.9. The monoisotopic (exact) mass is 321 g/mol. The van der Waals surface area contributed by atoms with Gasteiger partial charge in [-0.15, -0.1) is 0 Å². The van der Waals surface area contributed by atoms with Crippen molar-refractivity contribution in [2.45, 2.75) is 0 Å². The largest absolute Gasteiger partial charge is 0.349 e. The molecule has 0 saturated carbocycles. The molecule has 24 heavy (non-hydrogen) atoms. The fraction of sp³-hybridized carbons (Fsp3) is 0. The second kappa shape index (κ2) is 5.62. The van der Waals surface area contributed by atoms with Crippen molar-refractivity contribution < 1.29 is 9.18 Å². The molecule has 1 amide bonds. The number of carbonyl (C=O) groups excluding carboxylic acids is 1. The molecule has 0 unspecified atom stereocenters. The molecule has 0 aliphatic heterocycles. The molecule has 0 saturated heterocycles. The van der Waals surface area contributed by atoms with Gasteiger partial charge in [-0.1, -0.05) is 6.07 Å². The molecular formula is C17H12FN5O. The minimum absolute atomic E-state index is 0.356. The van der Waals surface area contributed by atoms with Crippen LogP contribution in [0.25, 0.3) is 22.4 Å². The number of H-pyrrole nitrogens is 2. The van der Waals surface area contributed by atoms with E-state index in [2.05, 4.69) is 25.5 Å². The first-order valence-corrected chi connectivity index (χ1v) is 7.26. The van der Waals surface area contributed by atoms with Gasteiger partial charge in [0.15, 0.2) is 5.65 Å². The predicted octanol–water partition coefficient (Wildman–Crippen LogP) is 3.34. The maximum absolute atomic E-state index is 13.2. The van der Waals surface area contributed by atoms with E-state index >= 15 is 0 Å². The zero-order chi connectivity index (χ0) is 16.5. The minimum Gasteiger partial charge on any atom is -0.349 e. The van der Waals surface area contributed by atoms with E-state index in [9.17, 15) is 9.18 Å². The predicted molar refractivity (Wildman–Crippen MR) is 88.0 cm³/mol. The highest BCUT2D eigenvalue weighted by atomic mass is 19.1. The maximum atomic E-state index is 13.2. The van der Waals surface area contributed by atoms with Gasteiger partial charge in [-0.25, -0.2) is 9.37 Å². The van der Waals surface area contributed by atoms with Gasteiger partial charge in [0.2, 0.25) is 0 Å². The minimum atomic E-state index is -0.407. The van der Waals surface area contributed by atoms with Crippen molar-refractivity contribution in [3.8, 4) is 11.4 Å². The fourth-order valence-corrected chi connectivity index (χ4v) is 2.49. The molecule has 1 aromatic carbocycles. The second-order valence-corrected chi connectivity index (χ2v) is 5.22. The van der Waals surface area contributed by atoms with Gasteiger partial charge in [-0.2, -0.15) is 5.10 Å². The molecular weight excluding hydrogens is 309 g/mol. The lowest BCUT2D eigenvalue weighted by Crippen LogP contribution is -2.12. The summed E-state index contributed by atoms with van der Waals surface area (Å²) in [6.07, 6.45) is 1.68. The molecule has 0 atom stereocenters. The molecule has 118 valence electrons. The fourth-order valence-electron chi connectivity index (χ4n) is 2.49. The van der Waals surface area contributed by atoms with E-state index < -0.39 is 5.82 Å². The Bertz CT molecular complexity index is 1040. The van der Waals surface area contributed by atoms with Gasteiger partial charge in [0.1, 0.15) is 17.2 Å². The van der Waals surface area contributed by atoms with Gasteiger partial charge in [0.25, 0.3) is 5.91 Å². The average molecular weight is 321 g/mol. The second-order valence-electron chi connectivity index (χ2n) is 5.22. The van der Waals surface area contributed by atoms with Crippen LogP contribution in [0.5, 0.6) is 0 Å². The molecule has 3 N–H and O–H groups in total. The van der Waals surface area contributed by atoms with E-state index in [4.69, 9.17) is 0 Å². The lowest BCUT2D eigenvalue weighted by molar-refractivity contribution is 0.102. The topological polar surface area (TPSA) is 86.5 Å². The van der Waals surface area contributed by atoms with Gasteiger partial charge < -0.3 is 10.3 Å². The number of anilines is 1. The number of aromatic amines is 2. The van der Waals surface area contributed by atoms with Gasteiger partial charge in [0.05, 0.1) is 5.69 Å². The number of nitrogens with one attached hydrogen (secondary N) is 3. The number of hydrogen-bond acceptors (Lipinski definition) is 3. The van der Waals surface area contributed by atoms with Crippen LogP contribution in [0.1, 0.15) is 10.5 Å². The molecule has 4 rings (SSSR count). The summed E-state index contributed by atoms with van der Waals surface area (Å²) in [5, 5.41) is 10.6. The van der Waals surface area contributed by atoms with Crippen molar-refractivity contribution in [3.05, 3.63) is 66.2 Å². The standard InChI is InChI=1S/C17H12FN5O/c18-10-3-1-4-11(9-10)20-17(24)14-7-6-13(21-14)15-12-5-2-8-19-16(12)23-22-15/h1-9,21H,(H,20,24)(H,19,22,23). The molecule has 3 aromatic heterocycles. The highest BCUT2D eigenvalue weighted by Gasteiger charge is 2.14. The summed E-state index contributed by atoms with van der Waals surface area (Å²) in [5.74, 6) is -0.764. The van der Waals surface area contributed by atoms with E-state index in [0.717, 1.165) is 5.39 Å². The smallest absolute Gasteiger partial charge is 0.272 e. The molecule has 0 spiro atoms. The third kappa shape index (κ3) is 2.52. The summed E-state index contributed by atoms with van der Waals surface area (Å²) in [6.45, 7) is 0. The number of hydrogen-bond donors (Lipinski definition) is 3. The Morgan fingerprint density at radius 1 is 1.12 bits per heavy atom. The first-order valence-electron chi connectivity index (χ1n) is 7.26. The van der Waals surface area contributed by atoms with Crippen LogP contribution >= 0.6 is 0 Å². The van der Waals surface area contributed by atoms with Crippen molar-refractivity contribution in [3.63, 3.8) is 0 Å². The highest BCUT2D eigenvalue weighted by molar-refractivity contribution is 6.03. The number of benzene rings is 1. The Morgan fingerprint density at radius 2 is 2.04 bits per heavy atom. The number of amides is 1. The van der Waals surface area contributed by atoms with Crippen LogP contribution in [-0.2, 0) is 0 Å². The summed E-state index contributed by atoms with van der Waals surface area (Å²) in [4.78, 5) is 19.5. The van der Waals surface area contributed by atoms with E-state index in [1.54, 1.807) is 24.4 Å². The first-order chi connectivity index (χ1) is 11.7. The molecule has 0 radical (unpaired) electrons. The Morgan fingerprint density at radius 3 is 2.92 bits per heavy atom. The number of aromatic nitrogens is 4. The Balaban J connectivity index is 1.61. The van der Waals surface area contributed by atoms with Gasteiger partial charge in [-0.3, -0.25) is 9.89 Å². The van der Waals surface area contributed by atoms with E-state index in [0.29, 0.717) is 28.4 Å². The molecule has 0 fully saturated rings. The SMILES string of the molecule is O=C(Nc1cccc(F)c1)c1ccc(-c2n[nH]c3ncccc23)[nH]1. The summed E-state index contributed by atoms with van der Waals surface area (Å²) >= 11 is 0. The first kappa shape index (κ1) is 14.1. The van der Waals surface area contributed by atoms with Crippen molar-refractivity contribution >= 4 is 22.6 Å². The summed E-state index contributed by atoms with van der Waals surface area (Å²) in [5.41, 5.74) is 2.80. The third-order valence-electron chi connectivity index (χ3n) is 3.60. The molecule has 3 heterocycles. The van der Waals surface area contributed by atoms with Crippen molar-refractivity contribution in [2.75, 3.05) is 5.32 Å². The van der Waals surface area contributed by atoms with E-state index in [-0.39, 0.29) is 5.91 Å². The molecule has 0 aliphatic carbocycles. The van der Waals surface area contributed by atoms with Crippen LogP contribution in [0.15, 0.2) is 54.7 Å². The lowest BCUT2D eigenvalue weighted by atomic mass is 10.2. The normalized spacial score (nSPS) is 10.9. The van der Waals surface area contributed by atoms with Gasteiger partial charge in [0, 0.05) is 17.3 Å². The third-order valence-corrected chi connectivity index (χ3v) is 3.60. The number of fused-ring (bicyclic) bond motifs is 1. The summed E-state index contributed by atoms with van der Waals surface area (Å²) < 4.78 is 13.2. The molecule has 7 heteroatoms. The number of carbonyl (C=O) groups is 1. The summed E-state index contributed by atoms with van der Waals surface area (Å²) in [7, 11) is 0. The molecule has 6 nitrogen and oxygen atoms in total. The number of pyridine rings is 1. The van der Waals surface area contributed by atoms with Crippen LogP contribution in [0.4, 0.5) is 10.1 Å². The zero-order valence-corrected chi connectivity index (χ0v) is 12.4. The molecule has 4 aromatic rings. The molecule has 0 bridgehead atoms. The lowest BCUT2D eigenvalue weighted by Gasteiger charge is -2.03. The van der Waals surface area contributed by atoms with Crippen LogP contribution in [-0.4, -0.2) is 26.1 Å². The van der Waals surface area contributed by atoms with Crippen molar-refractivity contribution in [1.29, 1.82) is 0 Å². The van der Waals surface area contributed by atoms with Crippen molar-refractivity contribution in [1.82, 2.24) is 20.2 Å². The average Bonchev–Trinajstić information content (AvgIpc) is 3.21. The Kier molecular flexibility index (Phi) is 3.31. The zero-order valence-electron chi connectivity index (χ0n) is 12.4.